The molecule has 2 amide bonds. The maximum Gasteiger partial charge on any atom is 0.316 e. The number of amides is 2. The zero-order chi connectivity index (χ0) is 14.7. The van der Waals surface area contributed by atoms with Crippen molar-refractivity contribution in [2.24, 2.45) is 0 Å². The fourth-order valence-electron chi connectivity index (χ4n) is 1.70. The van der Waals surface area contributed by atoms with Gasteiger partial charge in [-0.15, -0.1) is 11.3 Å². The van der Waals surface area contributed by atoms with Crippen LogP contribution >= 0.6 is 11.3 Å². The standard InChI is InChI=1S/C12H18N6OS/c1-7-6-8-9(16-11(13)17-10(8)20-7)14-4-5-15-12(19)18(2)3/h6H,4-5H2,1-3H3,(H,15,19)(H3,13,14,16,17). The van der Waals surface area contributed by atoms with Gasteiger partial charge in [-0.25, -0.2) is 9.78 Å². The second-order valence-electron chi connectivity index (χ2n) is 4.56. The predicted molar refractivity (Wildman–Crippen MR) is 82.1 cm³/mol. The van der Waals surface area contributed by atoms with E-state index in [0.717, 1.165) is 15.1 Å². The molecule has 7 nitrogen and oxygen atoms in total. The van der Waals surface area contributed by atoms with E-state index in [4.69, 9.17) is 5.73 Å². The SMILES string of the molecule is Cc1cc2c(NCCNC(=O)N(C)C)nc(N)nc2s1. The average molecular weight is 294 g/mol. The lowest BCUT2D eigenvalue weighted by molar-refractivity contribution is 0.218. The van der Waals surface area contributed by atoms with Gasteiger partial charge in [-0.05, 0) is 13.0 Å². The van der Waals surface area contributed by atoms with Crippen LogP contribution in [-0.4, -0.2) is 48.1 Å². The first-order valence-corrected chi connectivity index (χ1v) is 7.01. The first kappa shape index (κ1) is 14.3. The van der Waals surface area contributed by atoms with Crippen molar-refractivity contribution in [3.05, 3.63) is 10.9 Å². The number of aryl methyl sites for hydroxylation is 1. The largest absolute Gasteiger partial charge is 0.368 e. The molecule has 2 heterocycles. The van der Waals surface area contributed by atoms with Gasteiger partial charge in [0.25, 0.3) is 0 Å². The van der Waals surface area contributed by atoms with Gasteiger partial charge in [0, 0.05) is 32.1 Å². The highest BCUT2D eigenvalue weighted by Gasteiger charge is 2.09. The zero-order valence-corrected chi connectivity index (χ0v) is 12.5. The summed E-state index contributed by atoms with van der Waals surface area (Å²) < 4.78 is 0. The van der Waals surface area contributed by atoms with Crippen molar-refractivity contribution >= 4 is 39.4 Å². The third-order valence-electron chi connectivity index (χ3n) is 2.63. The van der Waals surface area contributed by atoms with E-state index >= 15 is 0 Å². The highest BCUT2D eigenvalue weighted by Crippen LogP contribution is 2.28. The Labute approximate surface area is 121 Å². The molecule has 2 aromatic heterocycles. The van der Waals surface area contributed by atoms with Gasteiger partial charge in [-0.3, -0.25) is 0 Å². The van der Waals surface area contributed by atoms with E-state index in [0.29, 0.717) is 18.9 Å². The molecule has 0 fully saturated rings. The first-order chi connectivity index (χ1) is 9.47. The molecule has 0 unspecified atom stereocenters. The molecule has 8 heteroatoms. The van der Waals surface area contributed by atoms with Crippen LogP contribution in [0.2, 0.25) is 0 Å². The van der Waals surface area contributed by atoms with Crippen LogP contribution in [0.5, 0.6) is 0 Å². The lowest BCUT2D eigenvalue weighted by Gasteiger charge is -2.12. The molecule has 0 aliphatic heterocycles. The monoisotopic (exact) mass is 294 g/mol. The normalized spacial score (nSPS) is 10.6. The van der Waals surface area contributed by atoms with E-state index in [-0.39, 0.29) is 12.0 Å². The molecule has 0 aliphatic carbocycles. The van der Waals surface area contributed by atoms with E-state index in [2.05, 4.69) is 20.6 Å². The number of aromatic nitrogens is 2. The molecule has 2 rings (SSSR count). The zero-order valence-electron chi connectivity index (χ0n) is 11.7. The summed E-state index contributed by atoms with van der Waals surface area (Å²) in [5.74, 6) is 0.954. The van der Waals surface area contributed by atoms with Crippen molar-refractivity contribution in [3.8, 4) is 0 Å². The van der Waals surface area contributed by atoms with Gasteiger partial charge in [-0.2, -0.15) is 4.98 Å². The van der Waals surface area contributed by atoms with Gasteiger partial charge >= 0.3 is 6.03 Å². The second kappa shape index (κ2) is 5.91. The maximum atomic E-state index is 11.4. The molecular formula is C12H18N6OS. The van der Waals surface area contributed by atoms with E-state index in [1.807, 2.05) is 13.0 Å². The summed E-state index contributed by atoms with van der Waals surface area (Å²) in [6, 6.07) is 1.91. The summed E-state index contributed by atoms with van der Waals surface area (Å²) in [5, 5.41) is 6.91. The number of nitrogens with two attached hydrogens (primary N) is 1. The molecular weight excluding hydrogens is 276 g/mol. The minimum absolute atomic E-state index is 0.120. The maximum absolute atomic E-state index is 11.4. The molecule has 4 N–H and O–H groups in total. The summed E-state index contributed by atoms with van der Waals surface area (Å²) in [4.78, 5) is 23.3. The van der Waals surface area contributed by atoms with E-state index in [1.165, 1.54) is 4.90 Å². The third-order valence-corrected chi connectivity index (χ3v) is 3.58. The van der Waals surface area contributed by atoms with Crippen molar-refractivity contribution in [3.63, 3.8) is 0 Å². The number of hydrogen-bond acceptors (Lipinski definition) is 6. The van der Waals surface area contributed by atoms with Gasteiger partial charge in [0.05, 0.1) is 5.39 Å². The summed E-state index contributed by atoms with van der Waals surface area (Å²) in [6.07, 6.45) is 0. The van der Waals surface area contributed by atoms with Crippen LogP contribution in [0.15, 0.2) is 6.07 Å². The molecule has 0 bridgehead atoms. The summed E-state index contributed by atoms with van der Waals surface area (Å²) in [7, 11) is 3.40. The van der Waals surface area contributed by atoms with Gasteiger partial charge < -0.3 is 21.3 Å². The Balaban J connectivity index is 2.01. The van der Waals surface area contributed by atoms with Gasteiger partial charge in [0.2, 0.25) is 5.95 Å². The summed E-state index contributed by atoms with van der Waals surface area (Å²) >= 11 is 1.58. The van der Waals surface area contributed by atoms with E-state index in [1.54, 1.807) is 25.4 Å². The van der Waals surface area contributed by atoms with Crippen molar-refractivity contribution in [2.45, 2.75) is 6.92 Å². The average Bonchev–Trinajstić information content (AvgIpc) is 2.74. The number of carbonyl (C=O) groups excluding carboxylic acids is 1. The lowest BCUT2D eigenvalue weighted by atomic mass is 10.3. The Kier molecular flexibility index (Phi) is 4.23. The van der Waals surface area contributed by atoms with Crippen molar-refractivity contribution in [1.82, 2.24) is 20.2 Å². The predicted octanol–water partition coefficient (Wildman–Crippen LogP) is 1.27. The minimum Gasteiger partial charge on any atom is -0.368 e. The fraction of sp³-hybridized carbons (Fsp3) is 0.417. The Morgan fingerprint density at radius 1 is 1.40 bits per heavy atom. The van der Waals surface area contributed by atoms with Gasteiger partial charge in [0.1, 0.15) is 10.6 Å². The fourth-order valence-corrected chi connectivity index (χ4v) is 2.59. The van der Waals surface area contributed by atoms with E-state index < -0.39 is 0 Å². The van der Waals surface area contributed by atoms with Crippen LogP contribution in [0, 0.1) is 6.92 Å². The number of rotatable bonds is 4. The molecule has 0 aromatic carbocycles. The van der Waals surface area contributed by atoms with Gasteiger partial charge in [-0.1, -0.05) is 0 Å². The minimum atomic E-state index is -0.120. The first-order valence-electron chi connectivity index (χ1n) is 6.20. The van der Waals surface area contributed by atoms with Crippen LogP contribution < -0.4 is 16.4 Å². The van der Waals surface area contributed by atoms with Crippen molar-refractivity contribution in [2.75, 3.05) is 38.2 Å². The molecule has 108 valence electrons. The summed E-state index contributed by atoms with van der Waals surface area (Å²) in [5.41, 5.74) is 5.69. The molecule has 2 aromatic rings. The topological polar surface area (TPSA) is 96.2 Å². The van der Waals surface area contributed by atoms with Crippen LogP contribution in [0.3, 0.4) is 0 Å². The number of urea groups is 1. The molecule has 0 spiro atoms. The smallest absolute Gasteiger partial charge is 0.316 e. The van der Waals surface area contributed by atoms with Crippen LogP contribution in [0.4, 0.5) is 16.6 Å². The number of anilines is 2. The Bertz CT molecular complexity index is 624. The highest BCUT2D eigenvalue weighted by molar-refractivity contribution is 7.18. The Morgan fingerprint density at radius 3 is 2.85 bits per heavy atom. The van der Waals surface area contributed by atoms with Crippen LogP contribution in [0.1, 0.15) is 4.88 Å². The number of nitrogens with one attached hydrogen (secondary N) is 2. The number of fused-ring (bicyclic) bond motifs is 1. The number of nitrogen functional groups attached to an aromatic ring is 1. The quantitative estimate of drug-likeness (QED) is 0.738. The third kappa shape index (κ3) is 3.27. The molecule has 0 radical (unpaired) electrons. The molecule has 0 saturated heterocycles. The van der Waals surface area contributed by atoms with Crippen LogP contribution in [-0.2, 0) is 0 Å². The summed E-state index contributed by atoms with van der Waals surface area (Å²) in [6.45, 7) is 3.09. The number of carbonyl (C=O) groups is 1. The Morgan fingerprint density at radius 2 is 2.15 bits per heavy atom. The van der Waals surface area contributed by atoms with Gasteiger partial charge in [0.15, 0.2) is 0 Å². The van der Waals surface area contributed by atoms with E-state index in [9.17, 15) is 4.79 Å². The van der Waals surface area contributed by atoms with Crippen molar-refractivity contribution in [1.29, 1.82) is 0 Å². The molecule has 20 heavy (non-hydrogen) atoms. The molecule has 0 atom stereocenters. The Hall–Kier alpha value is -2.09. The number of nitrogens with zero attached hydrogens (tertiary/aromatic N) is 3. The van der Waals surface area contributed by atoms with Crippen LogP contribution in [0.25, 0.3) is 10.2 Å². The molecule has 0 saturated carbocycles. The second-order valence-corrected chi connectivity index (χ2v) is 5.79. The number of hydrogen-bond donors (Lipinski definition) is 3. The molecule has 0 aliphatic rings. The number of thiophene rings is 1. The van der Waals surface area contributed by atoms with Crippen molar-refractivity contribution < 1.29 is 4.79 Å². The lowest BCUT2D eigenvalue weighted by Crippen LogP contribution is -2.37. The highest BCUT2D eigenvalue weighted by atomic mass is 32.1.